The molecule has 0 saturated carbocycles. The summed E-state index contributed by atoms with van der Waals surface area (Å²) in [5, 5.41) is 28.0. The lowest BCUT2D eigenvalue weighted by Gasteiger charge is -2.34. The number of carbonyl (C=O) groups is 4. The molecule has 2 aromatic rings. The van der Waals surface area contributed by atoms with Gasteiger partial charge in [0.05, 0.1) is 18.1 Å². The number of nitrogens with one attached hydrogen (secondary N) is 3. The van der Waals surface area contributed by atoms with E-state index in [1.54, 1.807) is 13.8 Å². The van der Waals surface area contributed by atoms with Crippen molar-refractivity contribution in [1.29, 1.82) is 0 Å². The number of ether oxygens (including phenoxy) is 1. The molecule has 44 heavy (non-hydrogen) atoms. The van der Waals surface area contributed by atoms with Crippen LogP contribution in [0.4, 0.5) is 22.0 Å². The Morgan fingerprint density at radius 3 is 2.18 bits per heavy atom. The number of cyclic esters (lactones) is 1. The standard InChI is InChI=1S/C28H31F5N4O7/c1-5-10(2)21-28(43)44-12(4)22(37-27(42)23-15(38)7-6-8-34-23)26(41)35-14(24(39)11(3)25(40)36-21)9-13-16(29)18(31)20(33)19(32)17(13)30/h6-8,10-12,14,21-22,24,38-39H,5,9H2,1-4H3,(H,35,41)(H,36,40)(H,37,42). The van der Waals surface area contributed by atoms with Gasteiger partial charge in [0.2, 0.25) is 17.6 Å². The van der Waals surface area contributed by atoms with E-state index in [1.807, 2.05) is 0 Å². The SMILES string of the molecule is CCC(C)C1NC(=O)C(C)C(O)C(Cc2c(F)c(F)c(F)c(F)c2F)NC(=O)C(NC(=O)c2ncccc2O)C(C)OC1=O. The first-order chi connectivity index (χ1) is 20.6. The number of rotatable bonds is 6. The summed E-state index contributed by atoms with van der Waals surface area (Å²) in [4.78, 5) is 56.4. The molecule has 7 unspecified atom stereocenters. The predicted octanol–water partition coefficient (Wildman–Crippen LogP) is 1.78. The van der Waals surface area contributed by atoms with E-state index in [2.05, 4.69) is 20.9 Å². The second-order valence-corrected chi connectivity index (χ2v) is 10.5. The number of aromatic nitrogens is 1. The molecule has 2 heterocycles. The van der Waals surface area contributed by atoms with Gasteiger partial charge in [-0.05, 0) is 25.0 Å². The van der Waals surface area contributed by atoms with Gasteiger partial charge in [-0.15, -0.1) is 0 Å². The van der Waals surface area contributed by atoms with Gasteiger partial charge in [0.15, 0.2) is 29.0 Å². The minimum atomic E-state index is -2.42. The summed E-state index contributed by atoms with van der Waals surface area (Å²) < 4.78 is 76.3. The van der Waals surface area contributed by atoms with E-state index in [0.29, 0.717) is 6.42 Å². The van der Waals surface area contributed by atoms with Crippen molar-refractivity contribution in [1.82, 2.24) is 20.9 Å². The summed E-state index contributed by atoms with van der Waals surface area (Å²) in [6, 6.07) is -2.57. The van der Waals surface area contributed by atoms with Gasteiger partial charge in [-0.3, -0.25) is 14.4 Å². The van der Waals surface area contributed by atoms with Gasteiger partial charge in [-0.1, -0.05) is 27.2 Å². The maximum atomic E-state index is 14.6. The lowest BCUT2D eigenvalue weighted by atomic mass is 9.90. The van der Waals surface area contributed by atoms with E-state index in [9.17, 15) is 51.3 Å². The molecule has 5 N–H and O–H groups in total. The third-order valence-corrected chi connectivity index (χ3v) is 7.50. The molecule has 3 amide bonds. The summed E-state index contributed by atoms with van der Waals surface area (Å²) in [6.45, 7) is 5.65. The zero-order valence-electron chi connectivity index (χ0n) is 24.0. The largest absolute Gasteiger partial charge is 0.505 e. The zero-order chi connectivity index (χ0) is 33.0. The van der Waals surface area contributed by atoms with Crippen molar-refractivity contribution < 1.29 is 56.1 Å². The number of pyridine rings is 1. The molecule has 0 bridgehead atoms. The molecule has 0 radical (unpaired) electrons. The van der Waals surface area contributed by atoms with Crippen molar-refractivity contribution in [3.05, 3.63) is 58.7 Å². The molecule has 1 aliphatic rings. The fourth-order valence-corrected chi connectivity index (χ4v) is 4.54. The average molecular weight is 631 g/mol. The van der Waals surface area contributed by atoms with Gasteiger partial charge in [-0.25, -0.2) is 31.7 Å². The molecule has 11 nitrogen and oxygen atoms in total. The second kappa shape index (κ2) is 14.0. The first-order valence-electron chi connectivity index (χ1n) is 13.5. The Labute approximate surface area is 248 Å². The maximum Gasteiger partial charge on any atom is 0.329 e. The van der Waals surface area contributed by atoms with Gasteiger partial charge in [0, 0.05) is 18.2 Å². The van der Waals surface area contributed by atoms with Crippen LogP contribution in [0, 0.1) is 40.9 Å². The Morgan fingerprint density at radius 2 is 1.61 bits per heavy atom. The lowest BCUT2D eigenvalue weighted by molar-refractivity contribution is -0.157. The van der Waals surface area contributed by atoms with E-state index < -0.39 is 118 Å². The molecule has 240 valence electrons. The van der Waals surface area contributed by atoms with Gasteiger partial charge in [0.25, 0.3) is 5.91 Å². The van der Waals surface area contributed by atoms with Crippen molar-refractivity contribution in [2.75, 3.05) is 0 Å². The minimum absolute atomic E-state index is 0.355. The number of halogens is 5. The van der Waals surface area contributed by atoms with Crippen LogP contribution >= 0.6 is 0 Å². The van der Waals surface area contributed by atoms with Gasteiger partial charge >= 0.3 is 5.97 Å². The van der Waals surface area contributed by atoms with Crippen LogP contribution in [0.15, 0.2) is 18.3 Å². The van der Waals surface area contributed by atoms with Crippen molar-refractivity contribution in [2.45, 2.75) is 70.9 Å². The van der Waals surface area contributed by atoms with Crippen LogP contribution < -0.4 is 16.0 Å². The number of aromatic hydroxyl groups is 1. The van der Waals surface area contributed by atoms with Gasteiger partial charge < -0.3 is 30.9 Å². The number of benzene rings is 1. The highest BCUT2D eigenvalue weighted by Crippen LogP contribution is 2.26. The number of amides is 3. The Hall–Kier alpha value is -4.34. The molecule has 0 spiro atoms. The first-order valence-corrected chi connectivity index (χ1v) is 13.5. The quantitative estimate of drug-likeness (QED) is 0.139. The van der Waals surface area contributed by atoms with Crippen LogP contribution in [0.3, 0.4) is 0 Å². The van der Waals surface area contributed by atoms with Crippen LogP contribution in [-0.2, 0) is 25.5 Å². The smallest absolute Gasteiger partial charge is 0.329 e. The molecule has 1 aromatic carbocycles. The number of nitrogens with zero attached hydrogens (tertiary/aromatic N) is 1. The van der Waals surface area contributed by atoms with E-state index in [-0.39, 0.29) is 0 Å². The van der Waals surface area contributed by atoms with Crippen LogP contribution in [-0.4, -0.2) is 69.2 Å². The average Bonchev–Trinajstić information content (AvgIpc) is 2.99. The summed E-state index contributed by atoms with van der Waals surface area (Å²) >= 11 is 0. The molecule has 3 rings (SSSR count). The Kier molecular flexibility index (Phi) is 10.8. The monoisotopic (exact) mass is 630 g/mol. The third-order valence-electron chi connectivity index (χ3n) is 7.50. The van der Waals surface area contributed by atoms with Crippen molar-refractivity contribution in [2.24, 2.45) is 11.8 Å². The van der Waals surface area contributed by atoms with E-state index in [0.717, 1.165) is 19.2 Å². The molecule has 7 atom stereocenters. The Balaban J connectivity index is 2.11. The van der Waals surface area contributed by atoms with Crippen LogP contribution in [0.1, 0.15) is 50.2 Å². The Morgan fingerprint density at radius 1 is 1.02 bits per heavy atom. The van der Waals surface area contributed by atoms with Crippen molar-refractivity contribution >= 4 is 23.7 Å². The lowest BCUT2D eigenvalue weighted by Crippen LogP contribution is -2.61. The molecule has 1 aliphatic heterocycles. The van der Waals surface area contributed by atoms with E-state index >= 15 is 0 Å². The molecular weight excluding hydrogens is 599 g/mol. The molecule has 0 aliphatic carbocycles. The molecule has 1 saturated heterocycles. The third kappa shape index (κ3) is 7.06. The van der Waals surface area contributed by atoms with Crippen LogP contribution in [0.2, 0.25) is 0 Å². The van der Waals surface area contributed by atoms with E-state index in [4.69, 9.17) is 4.74 Å². The van der Waals surface area contributed by atoms with Crippen molar-refractivity contribution in [3.8, 4) is 5.75 Å². The fourth-order valence-electron chi connectivity index (χ4n) is 4.54. The molecular formula is C28H31F5N4O7. The zero-order valence-corrected chi connectivity index (χ0v) is 24.0. The second-order valence-electron chi connectivity index (χ2n) is 10.5. The van der Waals surface area contributed by atoms with Gasteiger partial charge in [0.1, 0.15) is 23.9 Å². The van der Waals surface area contributed by atoms with Crippen LogP contribution in [0.5, 0.6) is 5.75 Å². The highest BCUT2D eigenvalue weighted by Gasteiger charge is 2.41. The summed E-state index contributed by atoms with van der Waals surface area (Å²) in [5.74, 6) is -18.3. The maximum absolute atomic E-state index is 14.6. The minimum Gasteiger partial charge on any atom is -0.505 e. The number of esters is 1. The normalized spacial score (nSPS) is 25.5. The number of aliphatic hydroxyl groups excluding tert-OH is 1. The number of aliphatic hydroxyl groups is 1. The highest BCUT2D eigenvalue weighted by atomic mass is 19.2. The summed E-state index contributed by atoms with van der Waals surface area (Å²) in [5.41, 5.74) is -1.91. The van der Waals surface area contributed by atoms with Gasteiger partial charge in [-0.2, -0.15) is 0 Å². The highest BCUT2D eigenvalue weighted by molar-refractivity contribution is 5.98. The number of carbonyl (C=O) groups excluding carboxylic acids is 4. The van der Waals surface area contributed by atoms with E-state index in [1.165, 1.54) is 13.0 Å². The topological polar surface area (TPSA) is 167 Å². The van der Waals surface area contributed by atoms with Crippen LogP contribution in [0.25, 0.3) is 0 Å². The molecule has 1 aromatic heterocycles. The molecule has 16 heteroatoms. The first kappa shape index (κ1) is 34.2. The number of hydrogen-bond acceptors (Lipinski definition) is 8. The summed E-state index contributed by atoms with van der Waals surface area (Å²) in [6.07, 6.45) is -3.20. The summed E-state index contributed by atoms with van der Waals surface area (Å²) in [7, 11) is 0. The number of hydrogen-bond donors (Lipinski definition) is 5. The fraction of sp³-hybridized carbons (Fsp3) is 0.464. The Bertz CT molecular complexity index is 1420. The predicted molar refractivity (Wildman–Crippen MR) is 141 cm³/mol. The molecule has 1 fully saturated rings. The van der Waals surface area contributed by atoms with Crippen molar-refractivity contribution in [3.63, 3.8) is 0 Å².